The van der Waals surface area contributed by atoms with Crippen LogP contribution < -0.4 is 5.32 Å². The lowest BCUT2D eigenvalue weighted by atomic mass is 10.1. The lowest BCUT2D eigenvalue weighted by Crippen LogP contribution is -2.33. The van der Waals surface area contributed by atoms with Crippen molar-refractivity contribution in [3.63, 3.8) is 0 Å². The molecule has 1 fully saturated rings. The molecule has 1 N–H and O–H groups in total. The van der Waals surface area contributed by atoms with Gasteiger partial charge in [0.25, 0.3) is 0 Å². The predicted molar refractivity (Wildman–Crippen MR) is 74.4 cm³/mol. The van der Waals surface area contributed by atoms with Crippen molar-refractivity contribution in [3.8, 4) is 0 Å². The average molecular weight is 281 g/mol. The third-order valence-electron chi connectivity index (χ3n) is 3.09. The highest BCUT2D eigenvalue weighted by Crippen LogP contribution is 2.21. The molecule has 1 saturated heterocycles. The van der Waals surface area contributed by atoms with Crippen LogP contribution in [0, 0.1) is 0 Å². The number of alkyl carbamates (subject to hydrolysis) is 1. The van der Waals surface area contributed by atoms with Crippen LogP contribution in [0.3, 0.4) is 0 Å². The molecule has 20 heavy (non-hydrogen) atoms. The van der Waals surface area contributed by atoms with Crippen molar-refractivity contribution in [2.75, 3.05) is 13.2 Å². The van der Waals surface area contributed by atoms with Crippen molar-refractivity contribution in [3.05, 3.63) is 18.2 Å². The highest BCUT2D eigenvalue weighted by atomic mass is 16.6. The minimum Gasteiger partial charge on any atom is -0.444 e. The van der Waals surface area contributed by atoms with Gasteiger partial charge in [-0.1, -0.05) is 0 Å². The SMILES string of the molecule is CC(C)(C)OC(=O)NCc1cncn1C1CCCOC1. The Morgan fingerprint density at radius 1 is 1.60 bits per heavy atom. The van der Waals surface area contributed by atoms with Crippen LogP contribution in [-0.2, 0) is 16.0 Å². The summed E-state index contributed by atoms with van der Waals surface area (Å²) in [6.45, 7) is 7.47. The van der Waals surface area contributed by atoms with E-state index in [1.807, 2.05) is 20.8 Å². The Morgan fingerprint density at radius 3 is 3.05 bits per heavy atom. The first-order valence-corrected chi connectivity index (χ1v) is 7.01. The van der Waals surface area contributed by atoms with E-state index in [2.05, 4.69) is 14.9 Å². The summed E-state index contributed by atoms with van der Waals surface area (Å²) in [4.78, 5) is 15.8. The molecule has 0 saturated carbocycles. The molecule has 6 heteroatoms. The molecule has 1 aromatic rings. The third-order valence-corrected chi connectivity index (χ3v) is 3.09. The standard InChI is InChI=1S/C14H23N3O3/c1-14(2,3)20-13(18)16-8-12-7-15-10-17(12)11-5-4-6-19-9-11/h7,10-11H,4-6,8-9H2,1-3H3,(H,16,18). The summed E-state index contributed by atoms with van der Waals surface area (Å²) >= 11 is 0. The summed E-state index contributed by atoms with van der Waals surface area (Å²) in [7, 11) is 0. The number of hydrogen-bond donors (Lipinski definition) is 1. The molecule has 1 aliphatic heterocycles. The molecule has 0 radical (unpaired) electrons. The van der Waals surface area contributed by atoms with Gasteiger partial charge in [-0.25, -0.2) is 9.78 Å². The Hall–Kier alpha value is -1.56. The van der Waals surface area contributed by atoms with Gasteiger partial charge in [0.2, 0.25) is 0 Å². The van der Waals surface area contributed by atoms with Gasteiger partial charge in [-0.15, -0.1) is 0 Å². The number of rotatable bonds is 3. The molecule has 0 aliphatic carbocycles. The van der Waals surface area contributed by atoms with Crippen molar-refractivity contribution in [2.24, 2.45) is 0 Å². The van der Waals surface area contributed by atoms with Gasteiger partial charge in [-0.05, 0) is 33.6 Å². The number of nitrogens with zero attached hydrogens (tertiary/aromatic N) is 2. The molecule has 1 unspecified atom stereocenters. The largest absolute Gasteiger partial charge is 0.444 e. The fraction of sp³-hybridized carbons (Fsp3) is 0.714. The molecule has 2 rings (SSSR count). The minimum absolute atomic E-state index is 0.307. The second-order valence-corrected chi connectivity index (χ2v) is 6.02. The number of nitrogens with one attached hydrogen (secondary N) is 1. The lowest BCUT2D eigenvalue weighted by Gasteiger charge is -2.25. The zero-order valence-corrected chi connectivity index (χ0v) is 12.4. The number of hydrogen-bond acceptors (Lipinski definition) is 4. The zero-order chi connectivity index (χ0) is 14.6. The van der Waals surface area contributed by atoms with Gasteiger partial charge in [0, 0.05) is 12.8 Å². The smallest absolute Gasteiger partial charge is 0.407 e. The number of amides is 1. The van der Waals surface area contributed by atoms with E-state index in [1.54, 1.807) is 12.5 Å². The second kappa shape index (κ2) is 6.26. The fourth-order valence-electron chi connectivity index (χ4n) is 2.22. The first-order valence-electron chi connectivity index (χ1n) is 7.01. The van der Waals surface area contributed by atoms with Gasteiger partial charge < -0.3 is 19.4 Å². The van der Waals surface area contributed by atoms with Crippen LogP contribution in [-0.4, -0.2) is 34.5 Å². The number of carbonyl (C=O) groups excluding carboxylic acids is 1. The Balaban J connectivity index is 1.90. The summed E-state index contributed by atoms with van der Waals surface area (Å²) in [6, 6.07) is 0.307. The summed E-state index contributed by atoms with van der Waals surface area (Å²) in [5.41, 5.74) is 0.480. The predicted octanol–water partition coefficient (Wildman–Crippen LogP) is 2.26. The second-order valence-electron chi connectivity index (χ2n) is 6.02. The Kier molecular flexibility index (Phi) is 4.65. The number of carbonyl (C=O) groups is 1. The minimum atomic E-state index is -0.485. The van der Waals surface area contributed by atoms with Gasteiger partial charge in [0.05, 0.1) is 31.2 Å². The van der Waals surface area contributed by atoms with Gasteiger partial charge in [-0.2, -0.15) is 0 Å². The quantitative estimate of drug-likeness (QED) is 0.923. The topological polar surface area (TPSA) is 65.4 Å². The van der Waals surface area contributed by atoms with Gasteiger partial charge in [0.15, 0.2) is 0 Å². The number of imidazole rings is 1. The monoisotopic (exact) mass is 281 g/mol. The van der Waals surface area contributed by atoms with E-state index in [0.717, 1.165) is 25.1 Å². The lowest BCUT2D eigenvalue weighted by molar-refractivity contribution is 0.0512. The Labute approximate surface area is 119 Å². The van der Waals surface area contributed by atoms with Crippen molar-refractivity contribution in [1.82, 2.24) is 14.9 Å². The van der Waals surface area contributed by atoms with E-state index in [0.29, 0.717) is 19.2 Å². The van der Waals surface area contributed by atoms with Gasteiger partial charge >= 0.3 is 6.09 Å². The molecule has 0 aromatic carbocycles. The van der Waals surface area contributed by atoms with E-state index in [1.165, 1.54) is 0 Å². The van der Waals surface area contributed by atoms with Crippen molar-refractivity contribution < 1.29 is 14.3 Å². The van der Waals surface area contributed by atoms with E-state index < -0.39 is 11.7 Å². The molecule has 112 valence electrons. The first kappa shape index (κ1) is 14.8. The third kappa shape index (κ3) is 4.23. The average Bonchev–Trinajstić information content (AvgIpc) is 2.83. The normalized spacial score (nSPS) is 19.6. The molecule has 1 amide bonds. The van der Waals surface area contributed by atoms with Crippen LogP contribution in [0.4, 0.5) is 4.79 Å². The van der Waals surface area contributed by atoms with Crippen LogP contribution in [0.15, 0.2) is 12.5 Å². The molecule has 1 atom stereocenters. The van der Waals surface area contributed by atoms with E-state index in [9.17, 15) is 4.79 Å². The molecule has 1 aromatic heterocycles. The van der Waals surface area contributed by atoms with E-state index in [-0.39, 0.29) is 0 Å². The van der Waals surface area contributed by atoms with Crippen LogP contribution in [0.1, 0.15) is 45.3 Å². The molecular formula is C14H23N3O3. The molecule has 0 spiro atoms. The maximum absolute atomic E-state index is 11.7. The number of ether oxygens (including phenoxy) is 2. The summed E-state index contributed by atoms with van der Waals surface area (Å²) in [5, 5.41) is 2.76. The van der Waals surface area contributed by atoms with Crippen LogP contribution in [0.2, 0.25) is 0 Å². The Bertz CT molecular complexity index is 445. The summed E-state index contributed by atoms with van der Waals surface area (Å²) in [6.07, 6.45) is 5.29. The highest BCUT2D eigenvalue weighted by molar-refractivity contribution is 5.67. The maximum Gasteiger partial charge on any atom is 0.407 e. The molecule has 0 bridgehead atoms. The molecule has 6 nitrogen and oxygen atoms in total. The summed E-state index contributed by atoms with van der Waals surface area (Å²) < 4.78 is 12.8. The number of aromatic nitrogens is 2. The van der Waals surface area contributed by atoms with Crippen molar-refractivity contribution >= 4 is 6.09 Å². The van der Waals surface area contributed by atoms with E-state index >= 15 is 0 Å². The summed E-state index contributed by atoms with van der Waals surface area (Å²) in [5.74, 6) is 0. The van der Waals surface area contributed by atoms with E-state index in [4.69, 9.17) is 9.47 Å². The molecule has 2 heterocycles. The van der Waals surface area contributed by atoms with Gasteiger partial charge in [-0.3, -0.25) is 0 Å². The van der Waals surface area contributed by atoms with Crippen LogP contribution >= 0.6 is 0 Å². The van der Waals surface area contributed by atoms with Crippen molar-refractivity contribution in [1.29, 1.82) is 0 Å². The first-order chi connectivity index (χ1) is 9.46. The Morgan fingerprint density at radius 2 is 2.40 bits per heavy atom. The van der Waals surface area contributed by atoms with Crippen molar-refractivity contribution in [2.45, 2.75) is 51.8 Å². The maximum atomic E-state index is 11.7. The molecular weight excluding hydrogens is 258 g/mol. The van der Waals surface area contributed by atoms with Gasteiger partial charge in [0.1, 0.15) is 5.60 Å². The zero-order valence-electron chi connectivity index (χ0n) is 12.4. The van der Waals surface area contributed by atoms with Crippen LogP contribution in [0.5, 0.6) is 0 Å². The fourth-order valence-corrected chi connectivity index (χ4v) is 2.22. The highest BCUT2D eigenvalue weighted by Gasteiger charge is 2.19. The van der Waals surface area contributed by atoms with Crippen LogP contribution in [0.25, 0.3) is 0 Å². The molecule has 1 aliphatic rings.